The van der Waals surface area contributed by atoms with Crippen LogP contribution < -0.4 is 19.6 Å². The first kappa shape index (κ1) is 30.1. The number of allylic oxidation sites excluding steroid dienone is 2. The Labute approximate surface area is 245 Å². The van der Waals surface area contributed by atoms with Gasteiger partial charge in [0.15, 0.2) is 12.1 Å². The van der Waals surface area contributed by atoms with E-state index < -0.39 is 24.8 Å². The van der Waals surface area contributed by atoms with Crippen molar-refractivity contribution in [1.82, 2.24) is 0 Å². The molecule has 2 N–H and O–H groups in total. The van der Waals surface area contributed by atoms with Crippen LogP contribution in [0.2, 0.25) is 0 Å². The Morgan fingerprint density at radius 3 is 2.45 bits per heavy atom. The molecule has 2 aliphatic heterocycles. The minimum atomic E-state index is -0.753. The Morgan fingerprint density at radius 1 is 1.00 bits per heavy atom. The van der Waals surface area contributed by atoms with Crippen molar-refractivity contribution in [2.45, 2.75) is 90.2 Å². The molecule has 2 fully saturated rings. The summed E-state index contributed by atoms with van der Waals surface area (Å²) in [5.74, 6) is 1.57. The molecule has 5 atom stereocenters. The Hall–Kier alpha value is -3.37. The molecular formula is C33H40O9. The Morgan fingerprint density at radius 2 is 1.76 bits per heavy atom. The van der Waals surface area contributed by atoms with Gasteiger partial charge in [-0.1, -0.05) is 11.6 Å². The molecule has 2 aliphatic rings. The summed E-state index contributed by atoms with van der Waals surface area (Å²) >= 11 is 0. The normalized spacial score (nSPS) is 24.3. The second-order valence-electron chi connectivity index (χ2n) is 11.2. The molecular weight excluding hydrogens is 540 g/mol. The lowest BCUT2D eigenvalue weighted by atomic mass is 10.0. The number of aliphatic hydroxyl groups excluding tert-OH is 2. The third-order valence-electron chi connectivity index (χ3n) is 7.72. The molecule has 1 aromatic heterocycles. The smallest absolute Gasteiger partial charge is 0.235 e. The fourth-order valence-corrected chi connectivity index (χ4v) is 5.35. The van der Waals surface area contributed by atoms with Gasteiger partial charge in [-0.2, -0.15) is 0 Å². The number of hydrogen-bond donors (Lipinski definition) is 2. The number of fused-ring (bicyclic) bond motifs is 1. The summed E-state index contributed by atoms with van der Waals surface area (Å²) in [4.78, 5) is 14.1. The predicted octanol–water partition coefficient (Wildman–Crippen LogP) is 5.51. The highest BCUT2D eigenvalue weighted by Gasteiger charge is 2.32. The van der Waals surface area contributed by atoms with Crippen molar-refractivity contribution in [2.24, 2.45) is 0 Å². The summed E-state index contributed by atoms with van der Waals surface area (Å²) in [6.07, 6.45) is 3.25. The molecule has 2 saturated heterocycles. The predicted molar refractivity (Wildman–Crippen MR) is 158 cm³/mol. The minimum absolute atomic E-state index is 0.0320. The fraction of sp³-hybridized carbons (Fsp3) is 0.485. The molecule has 0 aliphatic carbocycles. The maximum absolute atomic E-state index is 14.1. The molecule has 0 amide bonds. The van der Waals surface area contributed by atoms with E-state index >= 15 is 0 Å². The number of hydrogen-bond acceptors (Lipinski definition) is 9. The second-order valence-corrected chi connectivity index (χ2v) is 11.2. The van der Waals surface area contributed by atoms with E-state index in [9.17, 15) is 15.0 Å². The molecule has 3 aromatic rings. The molecule has 0 radical (unpaired) electrons. The van der Waals surface area contributed by atoms with Crippen LogP contribution in [0.1, 0.15) is 58.4 Å². The topological polar surface area (TPSA) is 117 Å². The van der Waals surface area contributed by atoms with Crippen molar-refractivity contribution in [3.63, 3.8) is 0 Å². The van der Waals surface area contributed by atoms with Crippen LogP contribution in [0, 0.1) is 0 Å². The van der Waals surface area contributed by atoms with Crippen molar-refractivity contribution < 1.29 is 38.3 Å². The van der Waals surface area contributed by atoms with Crippen LogP contribution in [0.5, 0.6) is 17.2 Å². The van der Waals surface area contributed by atoms with E-state index in [1.54, 1.807) is 31.4 Å². The molecule has 3 heterocycles. The van der Waals surface area contributed by atoms with Gasteiger partial charge in [-0.15, -0.1) is 0 Å². The van der Waals surface area contributed by atoms with Gasteiger partial charge in [0.25, 0.3) is 0 Å². The van der Waals surface area contributed by atoms with Crippen LogP contribution in [0.4, 0.5) is 0 Å². The number of aliphatic hydroxyl groups is 2. The van der Waals surface area contributed by atoms with Gasteiger partial charge < -0.3 is 38.3 Å². The van der Waals surface area contributed by atoms with Crippen LogP contribution in [-0.4, -0.2) is 54.8 Å². The quantitative estimate of drug-likeness (QED) is 0.316. The number of methoxy groups -OCH3 is 1. The largest absolute Gasteiger partial charge is 0.497 e. The third kappa shape index (κ3) is 6.65. The lowest BCUT2D eigenvalue weighted by Gasteiger charge is -2.33. The number of benzene rings is 2. The maximum atomic E-state index is 14.1. The molecule has 0 spiro atoms. The molecule has 0 bridgehead atoms. The van der Waals surface area contributed by atoms with Gasteiger partial charge in [-0.3, -0.25) is 4.79 Å². The molecule has 2 unspecified atom stereocenters. The minimum Gasteiger partial charge on any atom is -0.497 e. The van der Waals surface area contributed by atoms with Gasteiger partial charge in [-0.05, 0) is 82.9 Å². The Bertz CT molecular complexity index is 1460. The van der Waals surface area contributed by atoms with E-state index in [1.807, 2.05) is 39.0 Å². The third-order valence-corrected chi connectivity index (χ3v) is 7.72. The van der Waals surface area contributed by atoms with Gasteiger partial charge in [-0.25, -0.2) is 0 Å². The van der Waals surface area contributed by atoms with E-state index in [4.69, 9.17) is 28.1 Å². The van der Waals surface area contributed by atoms with Gasteiger partial charge in [0.1, 0.15) is 23.2 Å². The average molecular weight is 581 g/mol. The van der Waals surface area contributed by atoms with Gasteiger partial charge in [0.05, 0.1) is 31.3 Å². The van der Waals surface area contributed by atoms with Crippen molar-refractivity contribution in [3.8, 4) is 28.6 Å². The monoisotopic (exact) mass is 580 g/mol. The first-order valence-corrected chi connectivity index (χ1v) is 14.6. The van der Waals surface area contributed by atoms with E-state index in [1.165, 1.54) is 0 Å². The summed E-state index contributed by atoms with van der Waals surface area (Å²) < 4.78 is 36.3. The summed E-state index contributed by atoms with van der Waals surface area (Å²) in [6.45, 7) is 5.69. The Balaban J connectivity index is 1.64. The van der Waals surface area contributed by atoms with Gasteiger partial charge in [0.2, 0.25) is 17.5 Å². The van der Waals surface area contributed by atoms with Crippen LogP contribution in [0.3, 0.4) is 0 Å². The van der Waals surface area contributed by atoms with E-state index in [0.717, 1.165) is 18.4 Å². The first-order valence-electron chi connectivity index (χ1n) is 14.6. The van der Waals surface area contributed by atoms with Crippen LogP contribution in [0.25, 0.3) is 22.3 Å². The first-order chi connectivity index (χ1) is 20.3. The average Bonchev–Trinajstić information content (AvgIpc) is 2.98. The van der Waals surface area contributed by atoms with Crippen molar-refractivity contribution >= 4 is 11.0 Å². The molecule has 0 saturated carbocycles. The highest BCUT2D eigenvalue weighted by atomic mass is 16.7. The van der Waals surface area contributed by atoms with Gasteiger partial charge in [0, 0.05) is 24.0 Å². The summed E-state index contributed by atoms with van der Waals surface area (Å²) in [5, 5.41) is 20.1. The zero-order valence-electron chi connectivity index (χ0n) is 24.6. The number of ether oxygens (including phenoxy) is 5. The molecule has 9 heteroatoms. The van der Waals surface area contributed by atoms with E-state index in [-0.39, 0.29) is 23.9 Å². The van der Waals surface area contributed by atoms with Crippen molar-refractivity contribution in [2.75, 3.05) is 13.7 Å². The number of rotatable bonds is 9. The lowest BCUT2D eigenvalue weighted by molar-refractivity contribution is -0.196. The summed E-state index contributed by atoms with van der Waals surface area (Å²) in [6, 6.07) is 10.7. The zero-order valence-corrected chi connectivity index (χ0v) is 24.6. The van der Waals surface area contributed by atoms with Crippen LogP contribution in [-0.2, 0) is 15.9 Å². The molecule has 42 heavy (non-hydrogen) atoms. The van der Waals surface area contributed by atoms with Crippen LogP contribution in [0.15, 0.2) is 57.3 Å². The highest BCUT2D eigenvalue weighted by Crippen LogP contribution is 2.38. The summed E-state index contributed by atoms with van der Waals surface area (Å²) in [5.41, 5.74) is 2.52. The summed E-state index contributed by atoms with van der Waals surface area (Å²) in [7, 11) is 1.60. The SMILES string of the molecule is COc1ccc(-c2oc3c(CC=C(C)C)c(OC4CC[C@H](O)[C@@H](CO)O4)ccc3c(=O)c2OC2CCC[C@H](C)O2)cc1. The fourth-order valence-electron chi connectivity index (χ4n) is 5.35. The van der Waals surface area contributed by atoms with Crippen molar-refractivity contribution in [3.05, 3.63) is 63.8 Å². The molecule has 5 rings (SSSR count). The van der Waals surface area contributed by atoms with Crippen LogP contribution >= 0.6 is 0 Å². The zero-order chi connectivity index (χ0) is 29.8. The lowest BCUT2D eigenvalue weighted by Crippen LogP contribution is -2.43. The molecule has 2 aromatic carbocycles. The van der Waals surface area contributed by atoms with E-state index in [2.05, 4.69) is 0 Å². The Kier molecular flexibility index (Phi) is 9.53. The van der Waals surface area contributed by atoms with Gasteiger partial charge >= 0.3 is 0 Å². The van der Waals surface area contributed by atoms with E-state index in [0.29, 0.717) is 65.0 Å². The molecule has 9 nitrogen and oxygen atoms in total. The standard InChI is InChI=1S/C33H40O9/c1-19(2)8-13-23-26(39-29-17-15-25(35)27(18-34)40-29)16-14-24-30(36)33(41-28-7-5-6-20(3)38-28)31(42-32(23)24)21-9-11-22(37-4)12-10-21/h8-12,14,16,20,25,27-29,34-35H,5-7,13,15,17-18H2,1-4H3/t20-,25-,27+,28?,29?/m0/s1. The highest BCUT2D eigenvalue weighted by molar-refractivity contribution is 5.86. The molecule has 226 valence electrons. The van der Waals surface area contributed by atoms with Crippen molar-refractivity contribution in [1.29, 1.82) is 0 Å². The second kappa shape index (κ2) is 13.3. The maximum Gasteiger partial charge on any atom is 0.235 e.